The lowest BCUT2D eigenvalue weighted by Gasteiger charge is -2.03. The number of halogens is 5. The van der Waals surface area contributed by atoms with Gasteiger partial charge in [-0.3, -0.25) is 0 Å². The van der Waals surface area contributed by atoms with Crippen molar-refractivity contribution in [2.24, 2.45) is 7.05 Å². The number of nitrogens with zero attached hydrogens (tertiary/aromatic N) is 3. The van der Waals surface area contributed by atoms with E-state index in [2.05, 4.69) is 14.8 Å². The van der Waals surface area contributed by atoms with Gasteiger partial charge in [-0.25, -0.2) is 9.67 Å². The largest absolute Gasteiger partial charge is 0.416 e. The standard InChI is InChI=1S/C10H6Cl3F2N3O/c1-18-9(19-10(14)15)6(12)7(17-18)4-2-3-5(11)16-8(4)13/h2-3,10H,1H3. The summed E-state index contributed by atoms with van der Waals surface area (Å²) in [6.07, 6.45) is 0. The van der Waals surface area contributed by atoms with E-state index in [4.69, 9.17) is 34.8 Å². The third-order valence-electron chi connectivity index (χ3n) is 2.21. The van der Waals surface area contributed by atoms with Gasteiger partial charge in [-0.05, 0) is 12.1 Å². The molecule has 0 saturated carbocycles. The molecule has 102 valence electrons. The first-order valence-electron chi connectivity index (χ1n) is 4.90. The second-order valence-corrected chi connectivity index (χ2v) is 4.57. The molecule has 2 aromatic rings. The van der Waals surface area contributed by atoms with Crippen LogP contribution in [0, 0.1) is 0 Å². The van der Waals surface area contributed by atoms with Gasteiger partial charge in [0.2, 0.25) is 5.88 Å². The van der Waals surface area contributed by atoms with Crippen LogP contribution in [0.3, 0.4) is 0 Å². The zero-order chi connectivity index (χ0) is 14.2. The summed E-state index contributed by atoms with van der Waals surface area (Å²) < 4.78 is 29.9. The van der Waals surface area contributed by atoms with E-state index < -0.39 is 6.61 Å². The van der Waals surface area contributed by atoms with Gasteiger partial charge >= 0.3 is 6.61 Å². The molecule has 0 spiro atoms. The molecule has 0 atom stereocenters. The lowest BCUT2D eigenvalue weighted by Crippen LogP contribution is -2.06. The summed E-state index contributed by atoms with van der Waals surface area (Å²) >= 11 is 17.5. The van der Waals surface area contributed by atoms with E-state index in [9.17, 15) is 8.78 Å². The maximum atomic E-state index is 12.2. The van der Waals surface area contributed by atoms with Crippen LogP contribution in [-0.2, 0) is 7.05 Å². The average Bonchev–Trinajstić information content (AvgIpc) is 2.57. The van der Waals surface area contributed by atoms with Crippen LogP contribution in [-0.4, -0.2) is 21.4 Å². The number of hydrogen-bond donors (Lipinski definition) is 0. The highest BCUT2D eigenvalue weighted by molar-refractivity contribution is 6.37. The van der Waals surface area contributed by atoms with E-state index >= 15 is 0 Å². The first-order chi connectivity index (χ1) is 8.90. The zero-order valence-electron chi connectivity index (χ0n) is 9.37. The van der Waals surface area contributed by atoms with Crippen molar-refractivity contribution in [2.75, 3.05) is 0 Å². The Morgan fingerprint density at radius 1 is 1.26 bits per heavy atom. The van der Waals surface area contributed by atoms with E-state index in [-0.39, 0.29) is 26.9 Å². The van der Waals surface area contributed by atoms with Crippen LogP contribution >= 0.6 is 34.8 Å². The van der Waals surface area contributed by atoms with Crippen LogP contribution in [0.25, 0.3) is 11.3 Å². The quantitative estimate of drug-likeness (QED) is 0.798. The van der Waals surface area contributed by atoms with Crippen molar-refractivity contribution < 1.29 is 13.5 Å². The van der Waals surface area contributed by atoms with Gasteiger partial charge in [-0.15, -0.1) is 0 Å². The molecule has 0 aliphatic carbocycles. The summed E-state index contributed by atoms with van der Waals surface area (Å²) in [4.78, 5) is 3.82. The minimum absolute atomic E-state index is 0.0658. The van der Waals surface area contributed by atoms with Crippen LogP contribution in [0.15, 0.2) is 12.1 Å². The van der Waals surface area contributed by atoms with Crippen LogP contribution in [0.2, 0.25) is 15.3 Å². The molecular formula is C10H6Cl3F2N3O. The Balaban J connectivity index is 2.51. The summed E-state index contributed by atoms with van der Waals surface area (Å²) in [5, 5.41) is 4.17. The number of aromatic nitrogens is 3. The van der Waals surface area contributed by atoms with E-state index in [0.29, 0.717) is 5.56 Å². The first-order valence-corrected chi connectivity index (χ1v) is 6.03. The second kappa shape index (κ2) is 5.48. The second-order valence-electron chi connectivity index (χ2n) is 3.44. The van der Waals surface area contributed by atoms with Crippen LogP contribution in [0.1, 0.15) is 0 Å². The number of pyridine rings is 1. The lowest BCUT2D eigenvalue weighted by molar-refractivity contribution is -0.0552. The molecule has 0 unspecified atom stereocenters. The molecule has 2 heterocycles. The normalized spacial score (nSPS) is 11.1. The van der Waals surface area contributed by atoms with Crippen LogP contribution < -0.4 is 4.74 Å². The topological polar surface area (TPSA) is 39.9 Å². The molecule has 0 aromatic carbocycles. The number of ether oxygens (including phenoxy) is 1. The molecule has 2 rings (SSSR count). The minimum atomic E-state index is -3.00. The predicted octanol–water partition coefficient (Wildman–Crippen LogP) is 4.04. The molecule has 19 heavy (non-hydrogen) atoms. The fraction of sp³-hybridized carbons (Fsp3) is 0.200. The molecule has 9 heteroatoms. The molecule has 0 aliphatic heterocycles. The van der Waals surface area contributed by atoms with Gasteiger partial charge in [0.1, 0.15) is 21.0 Å². The maximum Gasteiger partial charge on any atom is 0.388 e. The number of alkyl halides is 2. The summed E-state index contributed by atoms with van der Waals surface area (Å²) in [5.41, 5.74) is 0.560. The highest BCUT2D eigenvalue weighted by Crippen LogP contribution is 2.38. The molecule has 0 fully saturated rings. The van der Waals surface area contributed by atoms with Crippen molar-refractivity contribution in [1.29, 1.82) is 0 Å². The van der Waals surface area contributed by atoms with Gasteiger partial charge in [0.05, 0.1) is 0 Å². The van der Waals surface area contributed by atoms with Crippen molar-refractivity contribution in [3.8, 4) is 17.1 Å². The number of hydrogen-bond acceptors (Lipinski definition) is 3. The smallest absolute Gasteiger partial charge is 0.388 e. The molecule has 4 nitrogen and oxygen atoms in total. The summed E-state index contributed by atoms with van der Waals surface area (Å²) in [6, 6.07) is 3.03. The fourth-order valence-corrected chi connectivity index (χ4v) is 2.20. The van der Waals surface area contributed by atoms with Crippen LogP contribution in [0.4, 0.5) is 8.78 Å². The van der Waals surface area contributed by atoms with E-state index in [1.165, 1.54) is 19.2 Å². The maximum absolute atomic E-state index is 12.2. The van der Waals surface area contributed by atoms with Gasteiger partial charge < -0.3 is 4.74 Å². The molecule has 0 radical (unpaired) electrons. The van der Waals surface area contributed by atoms with Crippen molar-refractivity contribution in [3.63, 3.8) is 0 Å². The van der Waals surface area contributed by atoms with Crippen molar-refractivity contribution >= 4 is 34.8 Å². The molecule has 0 amide bonds. The van der Waals surface area contributed by atoms with Gasteiger partial charge in [-0.1, -0.05) is 34.8 Å². The predicted molar refractivity (Wildman–Crippen MR) is 68.1 cm³/mol. The summed E-state index contributed by atoms with van der Waals surface area (Å²) in [5.74, 6) is -0.252. The Hall–Kier alpha value is -1.11. The summed E-state index contributed by atoms with van der Waals surface area (Å²) in [6.45, 7) is -3.00. The molecule has 0 aliphatic rings. The molecule has 0 bridgehead atoms. The average molecular weight is 329 g/mol. The third kappa shape index (κ3) is 2.91. The SMILES string of the molecule is Cn1nc(-c2ccc(Cl)nc2Cl)c(Cl)c1OC(F)F. The Morgan fingerprint density at radius 2 is 1.95 bits per heavy atom. The summed E-state index contributed by atoms with van der Waals surface area (Å²) in [7, 11) is 1.42. The Morgan fingerprint density at radius 3 is 2.53 bits per heavy atom. The number of aryl methyl sites for hydroxylation is 1. The zero-order valence-corrected chi connectivity index (χ0v) is 11.6. The molecule has 0 saturated heterocycles. The molecular weight excluding hydrogens is 322 g/mol. The lowest BCUT2D eigenvalue weighted by atomic mass is 10.2. The molecule has 0 N–H and O–H groups in total. The molecule has 2 aromatic heterocycles. The third-order valence-corrected chi connectivity index (χ3v) is 3.05. The Labute approximate surface area is 121 Å². The highest BCUT2D eigenvalue weighted by atomic mass is 35.5. The van der Waals surface area contributed by atoms with Gasteiger partial charge in [-0.2, -0.15) is 13.9 Å². The highest BCUT2D eigenvalue weighted by Gasteiger charge is 2.22. The number of rotatable bonds is 3. The van der Waals surface area contributed by atoms with Crippen molar-refractivity contribution in [2.45, 2.75) is 6.61 Å². The minimum Gasteiger partial charge on any atom is -0.416 e. The van der Waals surface area contributed by atoms with E-state index in [1.807, 2.05) is 0 Å². The Kier molecular flexibility index (Phi) is 4.13. The van der Waals surface area contributed by atoms with Crippen molar-refractivity contribution in [3.05, 3.63) is 27.5 Å². The monoisotopic (exact) mass is 327 g/mol. The first kappa shape index (κ1) is 14.3. The van der Waals surface area contributed by atoms with E-state index in [0.717, 1.165) is 4.68 Å². The van der Waals surface area contributed by atoms with Gasteiger partial charge in [0.25, 0.3) is 0 Å². The van der Waals surface area contributed by atoms with E-state index in [1.54, 1.807) is 0 Å². The van der Waals surface area contributed by atoms with Crippen LogP contribution in [0.5, 0.6) is 5.88 Å². The van der Waals surface area contributed by atoms with Gasteiger partial charge in [0, 0.05) is 12.6 Å². The Bertz CT molecular complexity index is 618. The van der Waals surface area contributed by atoms with Gasteiger partial charge in [0.15, 0.2) is 0 Å². The van der Waals surface area contributed by atoms with Crippen molar-refractivity contribution in [1.82, 2.24) is 14.8 Å². The fourth-order valence-electron chi connectivity index (χ4n) is 1.46.